The fourth-order valence-corrected chi connectivity index (χ4v) is 1.47. The number of ether oxygens (including phenoxy) is 1. The molecule has 4 heteroatoms. The summed E-state index contributed by atoms with van der Waals surface area (Å²) in [7, 11) is 0. The van der Waals surface area contributed by atoms with Crippen LogP contribution in [0.15, 0.2) is 0 Å². The molecule has 0 aliphatic heterocycles. The maximum absolute atomic E-state index is 11.7. The molecular formula is C13H28N2O2. The SMILES string of the molecule is CC(N)CCC(NC(=O)OC(C)(C)C)C(C)C. The van der Waals surface area contributed by atoms with Crippen LogP contribution < -0.4 is 11.1 Å². The van der Waals surface area contributed by atoms with Crippen LogP contribution in [0.25, 0.3) is 0 Å². The number of nitrogens with one attached hydrogen (secondary N) is 1. The van der Waals surface area contributed by atoms with Gasteiger partial charge in [-0.05, 0) is 46.5 Å². The lowest BCUT2D eigenvalue weighted by Gasteiger charge is -2.26. The quantitative estimate of drug-likeness (QED) is 0.781. The molecule has 0 aliphatic rings. The first kappa shape index (κ1) is 16.2. The molecule has 3 N–H and O–H groups in total. The first-order chi connectivity index (χ1) is 7.61. The number of carbonyl (C=O) groups excluding carboxylic acids is 1. The third-order valence-electron chi connectivity index (χ3n) is 2.44. The molecule has 2 atom stereocenters. The molecule has 17 heavy (non-hydrogen) atoms. The molecule has 4 nitrogen and oxygen atoms in total. The van der Waals surface area contributed by atoms with Gasteiger partial charge in [0.15, 0.2) is 0 Å². The van der Waals surface area contributed by atoms with Gasteiger partial charge in [0, 0.05) is 12.1 Å². The van der Waals surface area contributed by atoms with Crippen LogP contribution in [-0.2, 0) is 4.74 Å². The number of rotatable bonds is 5. The van der Waals surface area contributed by atoms with Crippen molar-refractivity contribution in [1.82, 2.24) is 5.32 Å². The topological polar surface area (TPSA) is 64.3 Å². The Bertz CT molecular complexity index is 232. The number of amides is 1. The lowest BCUT2D eigenvalue weighted by Crippen LogP contribution is -2.42. The van der Waals surface area contributed by atoms with Gasteiger partial charge in [0.1, 0.15) is 5.60 Å². The highest BCUT2D eigenvalue weighted by atomic mass is 16.6. The fourth-order valence-electron chi connectivity index (χ4n) is 1.47. The van der Waals surface area contributed by atoms with E-state index in [-0.39, 0.29) is 18.2 Å². The van der Waals surface area contributed by atoms with Crippen molar-refractivity contribution in [2.45, 2.75) is 72.1 Å². The number of nitrogens with two attached hydrogens (primary N) is 1. The highest BCUT2D eigenvalue weighted by Crippen LogP contribution is 2.12. The van der Waals surface area contributed by atoms with Crippen molar-refractivity contribution in [3.05, 3.63) is 0 Å². The van der Waals surface area contributed by atoms with E-state index >= 15 is 0 Å². The summed E-state index contributed by atoms with van der Waals surface area (Å²) in [4.78, 5) is 11.7. The van der Waals surface area contributed by atoms with Crippen molar-refractivity contribution in [2.75, 3.05) is 0 Å². The zero-order chi connectivity index (χ0) is 13.6. The van der Waals surface area contributed by atoms with Gasteiger partial charge in [-0.25, -0.2) is 4.79 Å². The minimum atomic E-state index is -0.452. The predicted molar refractivity (Wildman–Crippen MR) is 70.9 cm³/mol. The molecule has 0 spiro atoms. The maximum Gasteiger partial charge on any atom is 0.407 e. The monoisotopic (exact) mass is 244 g/mol. The van der Waals surface area contributed by atoms with E-state index in [1.165, 1.54) is 0 Å². The van der Waals surface area contributed by atoms with Crippen molar-refractivity contribution in [3.63, 3.8) is 0 Å². The predicted octanol–water partition coefficient (Wildman–Crippen LogP) is 2.66. The molecule has 1 amide bonds. The average Bonchev–Trinajstić information content (AvgIpc) is 2.08. The Morgan fingerprint density at radius 3 is 2.12 bits per heavy atom. The van der Waals surface area contributed by atoms with Crippen LogP contribution in [0.2, 0.25) is 0 Å². The summed E-state index contributed by atoms with van der Waals surface area (Å²) in [5.41, 5.74) is 5.28. The highest BCUT2D eigenvalue weighted by Gasteiger charge is 2.21. The number of hydrogen-bond acceptors (Lipinski definition) is 3. The molecule has 0 fully saturated rings. The van der Waals surface area contributed by atoms with Crippen molar-refractivity contribution in [2.24, 2.45) is 11.7 Å². The van der Waals surface area contributed by atoms with E-state index in [0.717, 1.165) is 12.8 Å². The van der Waals surface area contributed by atoms with Gasteiger partial charge in [-0.15, -0.1) is 0 Å². The van der Waals surface area contributed by atoms with E-state index in [2.05, 4.69) is 19.2 Å². The van der Waals surface area contributed by atoms with Gasteiger partial charge in [0.05, 0.1) is 0 Å². The average molecular weight is 244 g/mol. The van der Waals surface area contributed by atoms with Crippen LogP contribution in [0.1, 0.15) is 54.4 Å². The fraction of sp³-hybridized carbons (Fsp3) is 0.923. The van der Waals surface area contributed by atoms with Crippen LogP contribution >= 0.6 is 0 Å². The zero-order valence-electron chi connectivity index (χ0n) is 12.0. The van der Waals surface area contributed by atoms with Crippen molar-refractivity contribution >= 4 is 6.09 Å². The first-order valence-electron chi connectivity index (χ1n) is 6.37. The summed E-state index contributed by atoms with van der Waals surface area (Å²) in [6.45, 7) is 11.7. The van der Waals surface area contributed by atoms with Gasteiger partial charge >= 0.3 is 6.09 Å². The van der Waals surface area contributed by atoms with E-state index in [4.69, 9.17) is 10.5 Å². The van der Waals surface area contributed by atoms with Crippen molar-refractivity contribution in [3.8, 4) is 0 Å². The number of alkyl carbamates (subject to hydrolysis) is 1. The van der Waals surface area contributed by atoms with Gasteiger partial charge in [0.25, 0.3) is 0 Å². The highest BCUT2D eigenvalue weighted by molar-refractivity contribution is 5.68. The number of hydrogen-bond donors (Lipinski definition) is 2. The van der Waals surface area contributed by atoms with Crippen LogP contribution in [-0.4, -0.2) is 23.8 Å². The molecular weight excluding hydrogens is 216 g/mol. The van der Waals surface area contributed by atoms with Gasteiger partial charge < -0.3 is 15.8 Å². The summed E-state index contributed by atoms with van der Waals surface area (Å²) >= 11 is 0. The Balaban J connectivity index is 4.21. The lowest BCUT2D eigenvalue weighted by molar-refractivity contribution is 0.0486. The Morgan fingerprint density at radius 1 is 1.24 bits per heavy atom. The summed E-state index contributed by atoms with van der Waals surface area (Å²) in [6.07, 6.45) is 1.44. The molecule has 0 radical (unpaired) electrons. The largest absolute Gasteiger partial charge is 0.444 e. The minimum absolute atomic E-state index is 0.121. The Morgan fingerprint density at radius 2 is 1.76 bits per heavy atom. The summed E-state index contributed by atoms with van der Waals surface area (Å²) in [6, 6.07) is 0.285. The molecule has 2 unspecified atom stereocenters. The molecule has 0 aromatic rings. The molecule has 0 aliphatic carbocycles. The van der Waals surface area contributed by atoms with E-state index in [0.29, 0.717) is 5.92 Å². The summed E-state index contributed by atoms with van der Waals surface area (Å²) in [5, 5.41) is 2.91. The standard InChI is InChI=1S/C13H28N2O2/c1-9(2)11(8-7-10(3)14)15-12(16)17-13(4,5)6/h9-11H,7-8,14H2,1-6H3,(H,15,16). The third-order valence-corrected chi connectivity index (χ3v) is 2.44. The Kier molecular flexibility index (Phi) is 6.53. The Hall–Kier alpha value is -0.770. The molecule has 0 aromatic heterocycles. The molecule has 0 saturated carbocycles. The van der Waals surface area contributed by atoms with Gasteiger partial charge in [0.2, 0.25) is 0 Å². The second-order valence-electron chi connectivity index (χ2n) is 6.05. The minimum Gasteiger partial charge on any atom is -0.444 e. The second-order valence-corrected chi connectivity index (χ2v) is 6.05. The summed E-state index contributed by atoms with van der Waals surface area (Å²) in [5.74, 6) is 0.376. The molecule has 0 aromatic carbocycles. The third kappa shape index (κ3) is 8.98. The Labute approximate surface area is 105 Å². The van der Waals surface area contributed by atoms with Gasteiger partial charge in [-0.1, -0.05) is 13.8 Å². The first-order valence-corrected chi connectivity index (χ1v) is 6.37. The number of carbonyl (C=O) groups is 1. The van der Waals surface area contributed by atoms with E-state index in [1.54, 1.807) is 0 Å². The van der Waals surface area contributed by atoms with Crippen molar-refractivity contribution < 1.29 is 9.53 Å². The summed E-state index contributed by atoms with van der Waals surface area (Å²) < 4.78 is 5.24. The smallest absolute Gasteiger partial charge is 0.407 e. The van der Waals surface area contributed by atoms with Gasteiger partial charge in [-0.3, -0.25) is 0 Å². The lowest BCUT2D eigenvalue weighted by atomic mass is 9.97. The van der Waals surface area contributed by atoms with Crippen LogP contribution in [0.3, 0.4) is 0 Å². The van der Waals surface area contributed by atoms with Gasteiger partial charge in [-0.2, -0.15) is 0 Å². The van der Waals surface area contributed by atoms with Crippen LogP contribution in [0.5, 0.6) is 0 Å². The van der Waals surface area contributed by atoms with Crippen LogP contribution in [0, 0.1) is 5.92 Å². The zero-order valence-corrected chi connectivity index (χ0v) is 12.0. The van der Waals surface area contributed by atoms with E-state index in [9.17, 15) is 4.79 Å². The van der Waals surface area contributed by atoms with E-state index < -0.39 is 5.60 Å². The molecule has 0 heterocycles. The van der Waals surface area contributed by atoms with E-state index in [1.807, 2.05) is 27.7 Å². The molecule has 0 saturated heterocycles. The molecule has 0 rings (SSSR count). The maximum atomic E-state index is 11.7. The van der Waals surface area contributed by atoms with Crippen molar-refractivity contribution in [1.29, 1.82) is 0 Å². The molecule has 0 bridgehead atoms. The normalized spacial score (nSPS) is 15.5. The second kappa shape index (κ2) is 6.84. The molecule has 102 valence electrons. The van der Waals surface area contributed by atoms with Crippen LogP contribution in [0.4, 0.5) is 4.79 Å².